The molecule has 0 aromatic heterocycles. The standard InChI is InChI=1S/C13H18F3NO3/c1-3-20-12(19)10-6-4-5-7-17(10)11(18)8-9(2)13(14,15)16/h8,10H,3-7H2,1-2H3/b9-8+. The number of rotatable bonds is 3. The summed E-state index contributed by atoms with van der Waals surface area (Å²) in [5.41, 5.74) is -0.976. The smallest absolute Gasteiger partial charge is 0.412 e. The maximum Gasteiger partial charge on any atom is 0.412 e. The van der Waals surface area contributed by atoms with Crippen LogP contribution in [0.3, 0.4) is 0 Å². The topological polar surface area (TPSA) is 46.6 Å². The van der Waals surface area contributed by atoms with Crippen molar-refractivity contribution in [2.24, 2.45) is 0 Å². The first-order valence-corrected chi connectivity index (χ1v) is 6.50. The van der Waals surface area contributed by atoms with E-state index in [9.17, 15) is 22.8 Å². The summed E-state index contributed by atoms with van der Waals surface area (Å²) in [6.07, 6.45) is -2.17. The van der Waals surface area contributed by atoms with Crippen molar-refractivity contribution in [1.82, 2.24) is 4.90 Å². The molecule has 1 aliphatic rings. The third-order valence-corrected chi connectivity index (χ3v) is 3.13. The van der Waals surface area contributed by atoms with E-state index in [2.05, 4.69) is 0 Å². The predicted molar refractivity (Wildman–Crippen MR) is 65.8 cm³/mol. The highest BCUT2D eigenvalue weighted by Gasteiger charge is 2.35. The van der Waals surface area contributed by atoms with Crippen LogP contribution >= 0.6 is 0 Å². The lowest BCUT2D eigenvalue weighted by molar-refractivity contribution is -0.155. The Balaban J connectivity index is 2.85. The van der Waals surface area contributed by atoms with E-state index >= 15 is 0 Å². The van der Waals surface area contributed by atoms with Crippen molar-refractivity contribution in [3.05, 3.63) is 11.6 Å². The van der Waals surface area contributed by atoms with E-state index in [0.717, 1.165) is 18.2 Å². The number of likely N-dealkylation sites (tertiary alicyclic amines) is 1. The van der Waals surface area contributed by atoms with Crippen LogP contribution < -0.4 is 0 Å². The highest BCUT2D eigenvalue weighted by molar-refractivity contribution is 5.92. The molecule has 1 heterocycles. The van der Waals surface area contributed by atoms with E-state index < -0.39 is 29.7 Å². The van der Waals surface area contributed by atoms with Gasteiger partial charge in [0.1, 0.15) is 6.04 Å². The van der Waals surface area contributed by atoms with Crippen LogP contribution in [0.4, 0.5) is 13.2 Å². The summed E-state index contributed by atoms with van der Waals surface area (Å²) in [6.45, 7) is 2.92. The monoisotopic (exact) mass is 293 g/mol. The zero-order valence-electron chi connectivity index (χ0n) is 11.5. The number of ether oxygens (including phenoxy) is 1. The highest BCUT2D eigenvalue weighted by atomic mass is 19.4. The SMILES string of the molecule is CCOC(=O)C1CCCCN1C(=O)/C=C(\C)C(F)(F)F. The second-order valence-corrected chi connectivity index (χ2v) is 4.62. The molecule has 0 bridgehead atoms. The molecule has 1 saturated heterocycles. The molecule has 0 N–H and O–H groups in total. The van der Waals surface area contributed by atoms with Crippen LogP contribution in [0.2, 0.25) is 0 Å². The molecule has 0 aliphatic carbocycles. The van der Waals surface area contributed by atoms with Crippen molar-refractivity contribution >= 4 is 11.9 Å². The average Bonchev–Trinajstić information content (AvgIpc) is 2.37. The van der Waals surface area contributed by atoms with Gasteiger partial charge in [-0.1, -0.05) is 0 Å². The summed E-state index contributed by atoms with van der Waals surface area (Å²) in [5, 5.41) is 0. The minimum atomic E-state index is -4.54. The molecule has 1 unspecified atom stereocenters. The second kappa shape index (κ2) is 6.76. The number of hydrogen-bond donors (Lipinski definition) is 0. The number of carbonyl (C=O) groups is 2. The minimum absolute atomic E-state index is 0.175. The van der Waals surface area contributed by atoms with Crippen molar-refractivity contribution in [2.45, 2.75) is 45.3 Å². The molecule has 1 aliphatic heterocycles. The second-order valence-electron chi connectivity index (χ2n) is 4.62. The fourth-order valence-electron chi connectivity index (χ4n) is 2.03. The largest absolute Gasteiger partial charge is 0.464 e. The highest BCUT2D eigenvalue weighted by Crippen LogP contribution is 2.26. The zero-order valence-corrected chi connectivity index (χ0v) is 11.5. The Morgan fingerprint density at radius 2 is 2.00 bits per heavy atom. The molecule has 0 spiro atoms. The van der Waals surface area contributed by atoms with Crippen LogP contribution in [0.5, 0.6) is 0 Å². The molecule has 20 heavy (non-hydrogen) atoms. The van der Waals surface area contributed by atoms with Crippen molar-refractivity contribution in [3.8, 4) is 0 Å². The van der Waals surface area contributed by atoms with Crippen molar-refractivity contribution < 1.29 is 27.5 Å². The number of amides is 1. The zero-order chi connectivity index (χ0) is 15.3. The van der Waals surface area contributed by atoms with Crippen LogP contribution in [-0.2, 0) is 14.3 Å². The van der Waals surface area contributed by atoms with Crippen molar-refractivity contribution in [3.63, 3.8) is 0 Å². The summed E-state index contributed by atoms with van der Waals surface area (Å²) in [4.78, 5) is 24.8. The summed E-state index contributed by atoms with van der Waals surface area (Å²) in [7, 11) is 0. The van der Waals surface area contributed by atoms with Gasteiger partial charge in [-0.15, -0.1) is 0 Å². The van der Waals surface area contributed by atoms with Gasteiger partial charge in [-0.05, 0) is 33.1 Å². The van der Waals surface area contributed by atoms with E-state index in [-0.39, 0.29) is 13.2 Å². The maximum absolute atomic E-state index is 12.4. The van der Waals surface area contributed by atoms with Gasteiger partial charge in [-0.25, -0.2) is 4.79 Å². The summed E-state index contributed by atoms with van der Waals surface area (Å²) >= 11 is 0. The molecule has 1 atom stereocenters. The summed E-state index contributed by atoms with van der Waals surface area (Å²) < 4.78 is 42.1. The van der Waals surface area contributed by atoms with Crippen LogP contribution in [-0.4, -0.2) is 42.1 Å². The molecule has 7 heteroatoms. The minimum Gasteiger partial charge on any atom is -0.464 e. The van der Waals surface area contributed by atoms with Gasteiger partial charge in [0.05, 0.1) is 6.61 Å². The maximum atomic E-state index is 12.4. The fourth-order valence-corrected chi connectivity index (χ4v) is 2.03. The molecule has 114 valence electrons. The van der Waals surface area contributed by atoms with Gasteiger partial charge in [-0.3, -0.25) is 4.79 Å². The van der Waals surface area contributed by atoms with Crippen molar-refractivity contribution in [1.29, 1.82) is 0 Å². The van der Waals surface area contributed by atoms with Gasteiger partial charge in [-0.2, -0.15) is 13.2 Å². The Kier molecular flexibility index (Phi) is 5.59. The first-order chi connectivity index (χ1) is 9.27. The lowest BCUT2D eigenvalue weighted by Crippen LogP contribution is -2.48. The Morgan fingerprint density at radius 1 is 1.35 bits per heavy atom. The molecule has 1 fully saturated rings. The number of hydrogen-bond acceptors (Lipinski definition) is 3. The lowest BCUT2D eigenvalue weighted by atomic mass is 10.0. The van der Waals surface area contributed by atoms with E-state index in [1.165, 1.54) is 0 Å². The number of carbonyl (C=O) groups excluding carboxylic acids is 2. The number of esters is 1. The Bertz CT molecular complexity index is 404. The van der Waals surface area contributed by atoms with E-state index in [1.54, 1.807) is 6.92 Å². The van der Waals surface area contributed by atoms with Gasteiger partial charge >= 0.3 is 12.1 Å². The molecule has 0 radical (unpaired) electrons. The molecule has 4 nitrogen and oxygen atoms in total. The lowest BCUT2D eigenvalue weighted by Gasteiger charge is -2.33. The van der Waals surface area contributed by atoms with E-state index in [0.29, 0.717) is 18.9 Å². The van der Waals surface area contributed by atoms with Crippen LogP contribution in [0.25, 0.3) is 0 Å². The molecule has 1 amide bonds. The Morgan fingerprint density at radius 3 is 2.55 bits per heavy atom. The van der Waals surface area contributed by atoms with Gasteiger partial charge < -0.3 is 9.64 Å². The fraction of sp³-hybridized carbons (Fsp3) is 0.692. The van der Waals surface area contributed by atoms with Crippen LogP contribution in [0.1, 0.15) is 33.1 Å². The van der Waals surface area contributed by atoms with Gasteiger partial charge in [0.15, 0.2) is 0 Å². The summed E-state index contributed by atoms with van der Waals surface area (Å²) in [5.74, 6) is -1.35. The van der Waals surface area contributed by atoms with Crippen molar-refractivity contribution in [2.75, 3.05) is 13.2 Å². The Hall–Kier alpha value is -1.53. The molecule has 0 aromatic carbocycles. The molecule has 1 rings (SSSR count). The van der Waals surface area contributed by atoms with Crippen LogP contribution in [0.15, 0.2) is 11.6 Å². The van der Waals surface area contributed by atoms with Gasteiger partial charge in [0.25, 0.3) is 0 Å². The summed E-state index contributed by atoms with van der Waals surface area (Å²) in [6, 6.07) is -0.784. The normalized spacial score (nSPS) is 20.8. The molecule has 0 saturated carbocycles. The molecular formula is C13H18F3NO3. The third-order valence-electron chi connectivity index (χ3n) is 3.13. The number of piperidine rings is 1. The number of nitrogens with zero attached hydrogens (tertiary/aromatic N) is 1. The predicted octanol–water partition coefficient (Wildman–Crippen LogP) is 2.44. The number of allylic oxidation sites excluding steroid dienone is 1. The van der Waals surface area contributed by atoms with Gasteiger partial charge in [0.2, 0.25) is 5.91 Å². The first kappa shape index (κ1) is 16.5. The number of halogens is 3. The Labute approximate surface area is 115 Å². The molecular weight excluding hydrogens is 275 g/mol. The van der Waals surface area contributed by atoms with E-state index in [4.69, 9.17) is 4.74 Å². The first-order valence-electron chi connectivity index (χ1n) is 6.50. The number of alkyl halides is 3. The van der Waals surface area contributed by atoms with Crippen LogP contribution in [0, 0.1) is 0 Å². The quantitative estimate of drug-likeness (QED) is 0.593. The van der Waals surface area contributed by atoms with Gasteiger partial charge in [0, 0.05) is 18.2 Å². The average molecular weight is 293 g/mol. The van der Waals surface area contributed by atoms with E-state index in [1.807, 2.05) is 0 Å². The third kappa shape index (κ3) is 4.25. The molecule has 0 aromatic rings.